The summed E-state index contributed by atoms with van der Waals surface area (Å²) in [6.07, 6.45) is 11.0. The largest absolute Gasteiger partial charge is 0.300 e. The molecule has 112 valence electrons. The Hall–Kier alpha value is -0.660. The Morgan fingerprint density at radius 3 is 1.11 bits per heavy atom. The fourth-order valence-electron chi connectivity index (χ4n) is 2.84. The van der Waals surface area contributed by atoms with Gasteiger partial charge in [-0.1, -0.05) is 46.0 Å². The van der Waals surface area contributed by atoms with Crippen LogP contribution >= 0.6 is 0 Å². The Labute approximate surface area is 119 Å². The second-order valence-corrected chi connectivity index (χ2v) is 5.54. The third-order valence-electron chi connectivity index (χ3n) is 4.11. The number of Topliss-reactive ketones (excluding diaryl/α,β-unsaturated/α-hetero) is 2. The van der Waals surface area contributed by atoms with E-state index in [0.717, 1.165) is 25.7 Å². The summed E-state index contributed by atoms with van der Waals surface area (Å²) in [5, 5.41) is 0. The maximum atomic E-state index is 10.8. The van der Waals surface area contributed by atoms with Crippen molar-refractivity contribution in [2.24, 2.45) is 11.8 Å². The SMILES string of the molecule is CC.CC(=O)C1CCCC1.CC(=O)C1CCCCC1. The zero-order valence-corrected chi connectivity index (χ0v) is 13.3. The highest BCUT2D eigenvalue weighted by Gasteiger charge is 2.18. The van der Waals surface area contributed by atoms with Crippen molar-refractivity contribution in [2.45, 2.75) is 85.5 Å². The quantitative estimate of drug-likeness (QED) is 0.710. The van der Waals surface area contributed by atoms with E-state index in [9.17, 15) is 9.59 Å². The molecule has 2 rings (SSSR count). The van der Waals surface area contributed by atoms with Crippen molar-refractivity contribution in [3.8, 4) is 0 Å². The van der Waals surface area contributed by atoms with E-state index in [0.29, 0.717) is 23.4 Å². The minimum Gasteiger partial charge on any atom is -0.300 e. The van der Waals surface area contributed by atoms with Gasteiger partial charge in [-0.15, -0.1) is 0 Å². The first-order valence-corrected chi connectivity index (χ1v) is 8.12. The molecular weight excluding hydrogens is 236 g/mol. The molecule has 2 saturated carbocycles. The van der Waals surface area contributed by atoms with Crippen LogP contribution in [0.1, 0.15) is 85.5 Å². The lowest BCUT2D eigenvalue weighted by molar-refractivity contribution is -0.122. The van der Waals surface area contributed by atoms with E-state index < -0.39 is 0 Å². The molecule has 0 aromatic carbocycles. The molecule has 2 nitrogen and oxygen atoms in total. The minimum absolute atomic E-state index is 0.391. The van der Waals surface area contributed by atoms with Crippen molar-refractivity contribution in [1.29, 1.82) is 0 Å². The van der Waals surface area contributed by atoms with Gasteiger partial charge in [0.15, 0.2) is 0 Å². The van der Waals surface area contributed by atoms with Crippen LogP contribution in [0.4, 0.5) is 0 Å². The van der Waals surface area contributed by atoms with E-state index >= 15 is 0 Å². The molecule has 0 spiro atoms. The lowest BCUT2D eigenvalue weighted by Crippen LogP contribution is -2.13. The van der Waals surface area contributed by atoms with E-state index in [1.54, 1.807) is 13.8 Å². The number of hydrogen-bond donors (Lipinski definition) is 0. The van der Waals surface area contributed by atoms with Crippen LogP contribution in [-0.2, 0) is 9.59 Å². The zero-order chi connectivity index (χ0) is 14.7. The van der Waals surface area contributed by atoms with Gasteiger partial charge in [0.2, 0.25) is 0 Å². The number of carbonyl (C=O) groups is 2. The molecule has 0 bridgehead atoms. The Morgan fingerprint density at radius 2 is 0.895 bits per heavy atom. The van der Waals surface area contributed by atoms with Gasteiger partial charge in [-0.05, 0) is 39.5 Å². The Morgan fingerprint density at radius 1 is 0.632 bits per heavy atom. The van der Waals surface area contributed by atoms with Gasteiger partial charge in [0.05, 0.1) is 0 Å². The average molecular weight is 268 g/mol. The summed E-state index contributed by atoms with van der Waals surface area (Å²) in [5.74, 6) is 1.63. The molecule has 0 unspecified atom stereocenters. The van der Waals surface area contributed by atoms with E-state index in [2.05, 4.69) is 0 Å². The average Bonchev–Trinajstić information content (AvgIpc) is 2.97. The molecule has 0 amide bonds. The van der Waals surface area contributed by atoms with Crippen LogP contribution in [0.2, 0.25) is 0 Å². The highest BCUT2D eigenvalue weighted by molar-refractivity contribution is 5.78. The van der Waals surface area contributed by atoms with Gasteiger partial charge < -0.3 is 0 Å². The lowest BCUT2D eigenvalue weighted by atomic mass is 9.87. The second kappa shape index (κ2) is 11.2. The van der Waals surface area contributed by atoms with Gasteiger partial charge in [-0.2, -0.15) is 0 Å². The smallest absolute Gasteiger partial charge is 0.132 e. The van der Waals surface area contributed by atoms with E-state index in [-0.39, 0.29) is 0 Å². The molecule has 2 heteroatoms. The van der Waals surface area contributed by atoms with Crippen molar-refractivity contribution in [1.82, 2.24) is 0 Å². The topological polar surface area (TPSA) is 34.1 Å². The first kappa shape index (κ1) is 18.3. The molecule has 0 aromatic rings. The fourth-order valence-corrected chi connectivity index (χ4v) is 2.84. The maximum absolute atomic E-state index is 10.8. The zero-order valence-electron chi connectivity index (χ0n) is 13.3. The van der Waals surface area contributed by atoms with Gasteiger partial charge >= 0.3 is 0 Å². The lowest BCUT2D eigenvalue weighted by Gasteiger charge is -2.17. The van der Waals surface area contributed by atoms with Crippen LogP contribution in [0.3, 0.4) is 0 Å². The van der Waals surface area contributed by atoms with Crippen LogP contribution in [0, 0.1) is 11.8 Å². The van der Waals surface area contributed by atoms with Gasteiger partial charge in [0.1, 0.15) is 11.6 Å². The van der Waals surface area contributed by atoms with E-state index in [1.165, 1.54) is 32.1 Å². The molecule has 0 saturated heterocycles. The Bertz CT molecular complexity index is 246. The number of ketones is 2. The van der Waals surface area contributed by atoms with Crippen molar-refractivity contribution in [2.75, 3.05) is 0 Å². The van der Waals surface area contributed by atoms with Crippen molar-refractivity contribution >= 4 is 11.6 Å². The fraction of sp³-hybridized carbons (Fsp3) is 0.882. The summed E-state index contributed by atoms with van der Waals surface area (Å²) >= 11 is 0. The molecule has 0 N–H and O–H groups in total. The molecule has 2 aliphatic carbocycles. The first-order chi connectivity index (χ1) is 9.11. The third-order valence-corrected chi connectivity index (χ3v) is 4.11. The van der Waals surface area contributed by atoms with Gasteiger partial charge in [-0.25, -0.2) is 0 Å². The van der Waals surface area contributed by atoms with Gasteiger partial charge in [0.25, 0.3) is 0 Å². The monoisotopic (exact) mass is 268 g/mol. The number of rotatable bonds is 2. The van der Waals surface area contributed by atoms with Crippen molar-refractivity contribution < 1.29 is 9.59 Å². The summed E-state index contributed by atoms with van der Waals surface area (Å²) in [6.45, 7) is 7.42. The van der Waals surface area contributed by atoms with Crippen LogP contribution < -0.4 is 0 Å². The molecular formula is C17H32O2. The molecule has 0 heterocycles. The van der Waals surface area contributed by atoms with Crippen LogP contribution in [0.5, 0.6) is 0 Å². The highest BCUT2D eigenvalue weighted by Crippen LogP contribution is 2.25. The van der Waals surface area contributed by atoms with Gasteiger partial charge in [-0.3, -0.25) is 9.59 Å². The molecule has 19 heavy (non-hydrogen) atoms. The summed E-state index contributed by atoms with van der Waals surface area (Å²) in [5.41, 5.74) is 0. The summed E-state index contributed by atoms with van der Waals surface area (Å²) in [7, 11) is 0. The minimum atomic E-state index is 0.391. The molecule has 0 radical (unpaired) electrons. The Balaban J connectivity index is 0.000000303. The summed E-state index contributed by atoms with van der Waals surface area (Å²) in [4.78, 5) is 21.4. The molecule has 0 aromatic heterocycles. The molecule has 0 atom stereocenters. The second-order valence-electron chi connectivity index (χ2n) is 5.54. The predicted molar refractivity (Wildman–Crippen MR) is 81.2 cm³/mol. The van der Waals surface area contributed by atoms with Crippen molar-refractivity contribution in [3.63, 3.8) is 0 Å². The van der Waals surface area contributed by atoms with Crippen molar-refractivity contribution in [3.05, 3.63) is 0 Å². The first-order valence-electron chi connectivity index (χ1n) is 8.12. The molecule has 0 aliphatic heterocycles. The van der Waals surface area contributed by atoms with E-state index in [4.69, 9.17) is 0 Å². The standard InChI is InChI=1S/C8H14O.C7H12O.C2H6/c1-7(9)8-5-3-2-4-6-8;1-6(8)7-4-2-3-5-7;1-2/h8H,2-6H2,1H3;7H,2-5H2,1H3;1-2H3. The van der Waals surface area contributed by atoms with Gasteiger partial charge in [0, 0.05) is 11.8 Å². The normalized spacial score (nSPS) is 19.8. The van der Waals surface area contributed by atoms with E-state index in [1.807, 2.05) is 13.8 Å². The maximum Gasteiger partial charge on any atom is 0.132 e. The molecule has 2 aliphatic rings. The number of hydrogen-bond acceptors (Lipinski definition) is 2. The summed E-state index contributed by atoms with van der Waals surface area (Å²) in [6, 6.07) is 0. The molecule has 2 fully saturated rings. The third kappa shape index (κ3) is 8.18. The predicted octanol–water partition coefficient (Wildman–Crippen LogP) is 4.95. The Kier molecular flexibility index (Phi) is 10.8. The van der Waals surface area contributed by atoms with Crippen LogP contribution in [0.25, 0.3) is 0 Å². The van der Waals surface area contributed by atoms with Crippen LogP contribution in [0.15, 0.2) is 0 Å². The number of carbonyl (C=O) groups excluding carboxylic acids is 2. The highest BCUT2D eigenvalue weighted by atomic mass is 16.1. The summed E-state index contributed by atoms with van der Waals surface area (Å²) < 4.78 is 0. The van der Waals surface area contributed by atoms with Crippen LogP contribution in [-0.4, -0.2) is 11.6 Å².